The lowest BCUT2D eigenvalue weighted by Gasteiger charge is -2.36. The van der Waals surface area contributed by atoms with Crippen molar-refractivity contribution < 1.29 is 14.6 Å². The average molecular weight is 424 g/mol. The standard InChI is InChI=1S/C20H23Cl2N3O3/c21-17-2-1-3-18(22)19(17)28-13-16(26)12-24-8-10-25(11-9-24)15-6-4-14(5-7-15)20(23)27/h1-7,16,26H,8-13H2,(H2,23,27). The van der Waals surface area contributed by atoms with E-state index >= 15 is 0 Å². The lowest BCUT2D eigenvalue weighted by Crippen LogP contribution is -2.49. The molecule has 0 radical (unpaired) electrons. The van der Waals surface area contributed by atoms with Crippen LogP contribution in [0.15, 0.2) is 42.5 Å². The van der Waals surface area contributed by atoms with Crippen LogP contribution in [-0.2, 0) is 0 Å². The van der Waals surface area contributed by atoms with Gasteiger partial charge in [0.2, 0.25) is 5.91 Å². The Morgan fingerprint density at radius 1 is 1.07 bits per heavy atom. The minimum Gasteiger partial charge on any atom is -0.488 e. The molecule has 0 saturated carbocycles. The molecule has 6 nitrogen and oxygen atoms in total. The largest absolute Gasteiger partial charge is 0.488 e. The molecular formula is C20H23Cl2N3O3. The van der Waals surface area contributed by atoms with Crippen molar-refractivity contribution in [2.45, 2.75) is 6.10 Å². The van der Waals surface area contributed by atoms with Crippen LogP contribution >= 0.6 is 23.2 Å². The van der Waals surface area contributed by atoms with Crippen LogP contribution in [0.5, 0.6) is 5.75 Å². The number of aliphatic hydroxyl groups excluding tert-OH is 1. The molecule has 1 saturated heterocycles. The van der Waals surface area contributed by atoms with Crippen LogP contribution < -0.4 is 15.4 Å². The van der Waals surface area contributed by atoms with Crippen LogP contribution in [0.25, 0.3) is 0 Å². The van der Waals surface area contributed by atoms with Crippen molar-refractivity contribution in [3.05, 3.63) is 58.1 Å². The number of nitrogens with zero attached hydrogens (tertiary/aromatic N) is 2. The normalized spacial score (nSPS) is 16.0. The van der Waals surface area contributed by atoms with E-state index in [1.54, 1.807) is 30.3 Å². The van der Waals surface area contributed by atoms with Gasteiger partial charge in [0.1, 0.15) is 12.7 Å². The fraction of sp³-hybridized carbons (Fsp3) is 0.350. The van der Waals surface area contributed by atoms with Gasteiger partial charge in [-0.25, -0.2) is 0 Å². The molecule has 1 fully saturated rings. The number of anilines is 1. The maximum absolute atomic E-state index is 11.2. The monoisotopic (exact) mass is 423 g/mol. The van der Waals surface area contributed by atoms with Gasteiger partial charge < -0.3 is 20.5 Å². The molecule has 0 spiro atoms. The molecule has 2 aromatic rings. The van der Waals surface area contributed by atoms with E-state index in [9.17, 15) is 9.90 Å². The van der Waals surface area contributed by atoms with Gasteiger partial charge in [-0.15, -0.1) is 0 Å². The topological polar surface area (TPSA) is 79.0 Å². The number of primary amides is 1. The molecule has 0 aliphatic carbocycles. The zero-order valence-corrected chi connectivity index (χ0v) is 16.9. The molecule has 8 heteroatoms. The third kappa shape index (κ3) is 5.29. The Balaban J connectivity index is 1.45. The number of piperazine rings is 1. The predicted octanol–water partition coefficient (Wildman–Crippen LogP) is 2.65. The summed E-state index contributed by atoms with van der Waals surface area (Å²) in [6.45, 7) is 3.94. The Morgan fingerprint density at radius 3 is 2.25 bits per heavy atom. The van der Waals surface area contributed by atoms with Crippen molar-refractivity contribution in [3.8, 4) is 5.75 Å². The highest BCUT2D eigenvalue weighted by Gasteiger charge is 2.20. The van der Waals surface area contributed by atoms with Crippen molar-refractivity contribution >= 4 is 34.8 Å². The zero-order valence-electron chi connectivity index (χ0n) is 15.4. The van der Waals surface area contributed by atoms with Gasteiger partial charge in [-0.05, 0) is 36.4 Å². The second-order valence-electron chi connectivity index (χ2n) is 6.71. The summed E-state index contributed by atoms with van der Waals surface area (Å²) in [4.78, 5) is 15.6. The summed E-state index contributed by atoms with van der Waals surface area (Å²) in [7, 11) is 0. The van der Waals surface area contributed by atoms with E-state index in [1.807, 2.05) is 12.1 Å². The van der Waals surface area contributed by atoms with Gasteiger partial charge in [-0.3, -0.25) is 9.69 Å². The Bertz CT molecular complexity index is 789. The van der Waals surface area contributed by atoms with E-state index in [1.165, 1.54) is 0 Å². The third-order valence-electron chi connectivity index (χ3n) is 4.70. The lowest BCUT2D eigenvalue weighted by atomic mass is 10.1. The Labute approximate surface area is 174 Å². The molecular weight excluding hydrogens is 401 g/mol. The van der Waals surface area contributed by atoms with Crippen LogP contribution in [0.3, 0.4) is 0 Å². The van der Waals surface area contributed by atoms with E-state index in [2.05, 4.69) is 9.80 Å². The second kappa shape index (κ2) is 9.47. The first kappa shape index (κ1) is 20.7. The summed E-state index contributed by atoms with van der Waals surface area (Å²) in [6, 6.07) is 12.4. The molecule has 1 aliphatic heterocycles. The molecule has 1 atom stereocenters. The molecule has 2 aromatic carbocycles. The maximum atomic E-state index is 11.2. The highest BCUT2D eigenvalue weighted by atomic mass is 35.5. The van der Waals surface area contributed by atoms with Gasteiger partial charge >= 0.3 is 0 Å². The number of halogens is 2. The minimum atomic E-state index is -0.645. The van der Waals surface area contributed by atoms with Crippen molar-refractivity contribution in [3.63, 3.8) is 0 Å². The summed E-state index contributed by atoms with van der Waals surface area (Å²) in [5.74, 6) is -0.0280. The molecule has 1 amide bonds. The van der Waals surface area contributed by atoms with E-state index < -0.39 is 12.0 Å². The van der Waals surface area contributed by atoms with Gasteiger partial charge in [0.05, 0.1) is 10.0 Å². The van der Waals surface area contributed by atoms with Crippen molar-refractivity contribution in [1.29, 1.82) is 0 Å². The number of rotatable bonds is 7. The number of hydrogen-bond acceptors (Lipinski definition) is 5. The number of amides is 1. The Morgan fingerprint density at radius 2 is 1.68 bits per heavy atom. The number of aliphatic hydroxyl groups is 1. The van der Waals surface area contributed by atoms with Gasteiger partial charge in [-0.2, -0.15) is 0 Å². The molecule has 28 heavy (non-hydrogen) atoms. The van der Waals surface area contributed by atoms with Crippen LogP contribution in [-0.4, -0.2) is 61.3 Å². The molecule has 3 rings (SSSR count). The quantitative estimate of drug-likeness (QED) is 0.715. The van der Waals surface area contributed by atoms with Crippen molar-refractivity contribution in [1.82, 2.24) is 4.90 Å². The third-order valence-corrected chi connectivity index (χ3v) is 5.29. The van der Waals surface area contributed by atoms with Gasteiger partial charge in [0, 0.05) is 44.0 Å². The van der Waals surface area contributed by atoms with E-state index in [0.717, 1.165) is 31.9 Å². The fourth-order valence-electron chi connectivity index (χ4n) is 3.18. The number of ether oxygens (including phenoxy) is 1. The average Bonchev–Trinajstić information content (AvgIpc) is 2.68. The number of nitrogens with two attached hydrogens (primary N) is 1. The molecule has 0 aromatic heterocycles. The molecule has 1 aliphatic rings. The predicted molar refractivity (Wildman–Crippen MR) is 112 cm³/mol. The zero-order chi connectivity index (χ0) is 20.1. The van der Waals surface area contributed by atoms with Crippen molar-refractivity contribution in [2.24, 2.45) is 5.73 Å². The molecule has 150 valence electrons. The van der Waals surface area contributed by atoms with Crippen molar-refractivity contribution in [2.75, 3.05) is 44.2 Å². The fourth-order valence-corrected chi connectivity index (χ4v) is 3.68. The Hall–Kier alpha value is -1.99. The summed E-state index contributed by atoms with van der Waals surface area (Å²) < 4.78 is 5.60. The first-order valence-corrected chi connectivity index (χ1v) is 9.81. The number of β-amino-alcohol motifs (C(OH)–C–C–N with tert-alkyl or cyclic N) is 1. The highest BCUT2D eigenvalue weighted by molar-refractivity contribution is 6.37. The van der Waals surface area contributed by atoms with Crippen LogP contribution in [0.2, 0.25) is 10.0 Å². The second-order valence-corrected chi connectivity index (χ2v) is 7.53. The number of para-hydroxylation sites is 1. The highest BCUT2D eigenvalue weighted by Crippen LogP contribution is 2.32. The summed E-state index contributed by atoms with van der Waals surface area (Å²) in [6.07, 6.45) is -0.645. The number of benzene rings is 2. The summed E-state index contributed by atoms with van der Waals surface area (Å²) in [5.41, 5.74) is 6.84. The first-order chi connectivity index (χ1) is 13.4. The minimum absolute atomic E-state index is 0.123. The Kier molecular flexibility index (Phi) is 7.02. The summed E-state index contributed by atoms with van der Waals surface area (Å²) >= 11 is 12.1. The molecule has 3 N–H and O–H groups in total. The SMILES string of the molecule is NC(=O)c1ccc(N2CCN(CC(O)COc3c(Cl)cccc3Cl)CC2)cc1. The lowest BCUT2D eigenvalue weighted by molar-refractivity contribution is 0.0664. The van der Waals surface area contributed by atoms with E-state index in [-0.39, 0.29) is 6.61 Å². The van der Waals surface area contributed by atoms with E-state index in [4.69, 9.17) is 33.7 Å². The summed E-state index contributed by atoms with van der Waals surface area (Å²) in [5, 5.41) is 11.2. The van der Waals surface area contributed by atoms with E-state index in [0.29, 0.717) is 27.9 Å². The smallest absolute Gasteiger partial charge is 0.248 e. The van der Waals surface area contributed by atoms with Crippen LogP contribution in [0, 0.1) is 0 Å². The van der Waals surface area contributed by atoms with Gasteiger partial charge in [0.25, 0.3) is 0 Å². The first-order valence-electron chi connectivity index (χ1n) is 9.06. The number of hydrogen-bond donors (Lipinski definition) is 2. The maximum Gasteiger partial charge on any atom is 0.248 e. The van der Waals surface area contributed by atoms with Crippen LogP contribution in [0.4, 0.5) is 5.69 Å². The van der Waals surface area contributed by atoms with Crippen LogP contribution in [0.1, 0.15) is 10.4 Å². The molecule has 1 unspecified atom stereocenters. The van der Waals surface area contributed by atoms with Gasteiger partial charge in [-0.1, -0.05) is 29.3 Å². The molecule has 0 bridgehead atoms. The van der Waals surface area contributed by atoms with Gasteiger partial charge in [0.15, 0.2) is 5.75 Å². The number of carbonyl (C=O) groups excluding carboxylic acids is 1. The molecule has 1 heterocycles. The number of carbonyl (C=O) groups is 1.